The quantitative estimate of drug-likeness (QED) is 0.335. The van der Waals surface area contributed by atoms with E-state index in [-0.39, 0.29) is 23.8 Å². The number of fused-ring (bicyclic) bond motifs is 1. The molecule has 4 rings (SSSR count). The molecule has 0 spiro atoms. The average molecular weight is 511 g/mol. The average Bonchev–Trinajstić information content (AvgIpc) is 3.32. The molecule has 2 aliphatic heterocycles. The fourth-order valence-electron chi connectivity index (χ4n) is 4.68. The molecule has 3 heterocycles. The second-order valence-corrected chi connectivity index (χ2v) is 10.7. The highest BCUT2D eigenvalue weighted by Crippen LogP contribution is 2.29. The first kappa shape index (κ1) is 25.8. The molecule has 192 valence electrons. The number of anilines is 1. The highest BCUT2D eigenvalue weighted by molar-refractivity contribution is 7.14. The highest BCUT2D eigenvalue weighted by Gasteiger charge is 2.30. The Hall–Kier alpha value is -3.24. The van der Waals surface area contributed by atoms with Crippen LogP contribution in [0.25, 0.3) is 0 Å². The summed E-state index contributed by atoms with van der Waals surface area (Å²) in [5.74, 6) is -0.546. The smallest absolute Gasteiger partial charge is 0.261 e. The van der Waals surface area contributed by atoms with E-state index in [1.165, 1.54) is 11.3 Å². The van der Waals surface area contributed by atoms with Gasteiger partial charge in [0, 0.05) is 47.0 Å². The third-order valence-electron chi connectivity index (χ3n) is 6.97. The fourth-order valence-corrected chi connectivity index (χ4v) is 5.75. The van der Waals surface area contributed by atoms with Crippen LogP contribution >= 0.6 is 11.3 Å². The Morgan fingerprint density at radius 2 is 1.94 bits per heavy atom. The zero-order chi connectivity index (χ0) is 25.8. The van der Waals surface area contributed by atoms with Gasteiger partial charge in [-0.2, -0.15) is 0 Å². The Morgan fingerprint density at radius 3 is 2.64 bits per heavy atom. The van der Waals surface area contributed by atoms with Crippen LogP contribution in [0.4, 0.5) is 5.69 Å². The molecule has 2 aromatic rings. The second kappa shape index (κ2) is 11.2. The Morgan fingerprint density at radius 1 is 1.19 bits per heavy atom. The van der Waals surface area contributed by atoms with E-state index in [0.717, 1.165) is 42.6 Å². The van der Waals surface area contributed by atoms with Crippen LogP contribution in [-0.2, 0) is 17.8 Å². The third kappa shape index (κ3) is 5.76. The van der Waals surface area contributed by atoms with Crippen molar-refractivity contribution in [2.45, 2.75) is 51.2 Å². The first-order valence-electron chi connectivity index (χ1n) is 12.4. The van der Waals surface area contributed by atoms with Crippen molar-refractivity contribution in [3.63, 3.8) is 0 Å². The predicted octanol–water partition coefficient (Wildman–Crippen LogP) is 2.25. The number of likely N-dealkylation sites (tertiary alicyclic amines) is 1. The summed E-state index contributed by atoms with van der Waals surface area (Å²) in [6, 6.07) is 6.18. The van der Waals surface area contributed by atoms with Crippen LogP contribution < -0.4 is 16.4 Å². The van der Waals surface area contributed by atoms with Gasteiger partial charge in [-0.3, -0.25) is 14.4 Å². The molecule has 0 bridgehead atoms. The van der Waals surface area contributed by atoms with Gasteiger partial charge in [0.2, 0.25) is 5.91 Å². The lowest BCUT2D eigenvalue weighted by Crippen LogP contribution is -2.49. The zero-order valence-electron chi connectivity index (χ0n) is 20.8. The maximum Gasteiger partial charge on any atom is 0.261 e. The molecular weight excluding hydrogens is 476 g/mol. The molecule has 1 fully saturated rings. The molecule has 1 saturated heterocycles. The minimum atomic E-state index is -0.661. The van der Waals surface area contributed by atoms with Crippen LogP contribution in [0.2, 0.25) is 0 Å². The molecule has 10 heteroatoms. The number of nitrogen functional groups attached to an aromatic ring is 1. The SMILES string of the molecule is CC[C@@H](NC(=O)c1ccc(N)c(C=N)c1)C(=O)N1CCc2sc(C(=O)NC3CCN(C)CC3)cc2C1. The normalized spacial score (nSPS) is 17.2. The number of nitrogens with zero attached hydrogens (tertiary/aromatic N) is 2. The predicted molar refractivity (Wildman–Crippen MR) is 142 cm³/mol. The lowest BCUT2D eigenvalue weighted by atomic mass is 10.0. The standard InChI is InChI=1S/C26H34N6O3S/c1-3-21(30-24(33)16-4-5-20(28)17(12-16)14-27)26(35)32-11-8-22-18(15-32)13-23(36-22)25(34)29-19-6-9-31(2)10-7-19/h4-5,12-14,19,21,27H,3,6-11,15,28H2,1-2H3,(H,29,34)(H,30,33)/t21-/m1/s1. The molecule has 2 aliphatic rings. The molecule has 1 atom stereocenters. The van der Waals surface area contributed by atoms with E-state index in [0.29, 0.717) is 47.6 Å². The van der Waals surface area contributed by atoms with Crippen molar-refractivity contribution in [2.75, 3.05) is 32.4 Å². The van der Waals surface area contributed by atoms with Gasteiger partial charge in [-0.1, -0.05) is 6.92 Å². The van der Waals surface area contributed by atoms with Gasteiger partial charge in [0.25, 0.3) is 11.8 Å². The van der Waals surface area contributed by atoms with Crippen molar-refractivity contribution in [3.05, 3.63) is 50.7 Å². The number of hydrogen-bond donors (Lipinski definition) is 4. The maximum atomic E-state index is 13.3. The largest absolute Gasteiger partial charge is 0.398 e. The number of carbonyl (C=O) groups excluding carboxylic acids is 3. The monoisotopic (exact) mass is 510 g/mol. The van der Waals surface area contributed by atoms with E-state index in [4.69, 9.17) is 11.1 Å². The van der Waals surface area contributed by atoms with Gasteiger partial charge in [-0.15, -0.1) is 11.3 Å². The number of piperidine rings is 1. The van der Waals surface area contributed by atoms with Crippen molar-refractivity contribution in [3.8, 4) is 0 Å². The molecule has 0 unspecified atom stereocenters. The Bertz CT molecular complexity index is 1150. The van der Waals surface area contributed by atoms with Gasteiger partial charge in [0.15, 0.2) is 0 Å². The van der Waals surface area contributed by atoms with E-state index < -0.39 is 6.04 Å². The summed E-state index contributed by atoms with van der Waals surface area (Å²) in [5.41, 5.74) is 8.05. The number of hydrogen-bond acceptors (Lipinski definition) is 7. The number of amides is 3. The topological polar surface area (TPSA) is 132 Å². The number of rotatable bonds is 7. The first-order chi connectivity index (χ1) is 17.3. The van der Waals surface area contributed by atoms with E-state index in [1.807, 2.05) is 13.0 Å². The van der Waals surface area contributed by atoms with Crippen molar-refractivity contribution < 1.29 is 14.4 Å². The molecule has 3 amide bonds. The summed E-state index contributed by atoms with van der Waals surface area (Å²) in [6.45, 7) is 4.81. The summed E-state index contributed by atoms with van der Waals surface area (Å²) in [7, 11) is 2.10. The first-order valence-corrected chi connectivity index (χ1v) is 13.2. The number of nitrogens with two attached hydrogens (primary N) is 1. The van der Waals surface area contributed by atoms with Gasteiger partial charge >= 0.3 is 0 Å². The van der Waals surface area contributed by atoms with E-state index in [9.17, 15) is 14.4 Å². The number of benzene rings is 1. The maximum absolute atomic E-state index is 13.3. The lowest BCUT2D eigenvalue weighted by molar-refractivity contribution is -0.134. The Balaban J connectivity index is 1.38. The van der Waals surface area contributed by atoms with Crippen LogP contribution in [0.1, 0.15) is 62.2 Å². The fraction of sp³-hybridized carbons (Fsp3) is 0.462. The Labute approximate surface area is 215 Å². The van der Waals surface area contributed by atoms with E-state index in [2.05, 4.69) is 22.6 Å². The van der Waals surface area contributed by atoms with Crippen molar-refractivity contribution >= 4 is 41.0 Å². The van der Waals surface area contributed by atoms with E-state index in [1.54, 1.807) is 23.1 Å². The van der Waals surface area contributed by atoms with Crippen LogP contribution in [0.5, 0.6) is 0 Å². The summed E-state index contributed by atoms with van der Waals surface area (Å²) in [4.78, 5) is 44.8. The summed E-state index contributed by atoms with van der Waals surface area (Å²) >= 11 is 1.51. The molecule has 1 aromatic heterocycles. The highest BCUT2D eigenvalue weighted by atomic mass is 32.1. The van der Waals surface area contributed by atoms with Crippen molar-refractivity contribution in [2.24, 2.45) is 0 Å². The lowest BCUT2D eigenvalue weighted by Gasteiger charge is -2.30. The third-order valence-corrected chi connectivity index (χ3v) is 8.21. The van der Waals surface area contributed by atoms with Gasteiger partial charge in [-0.05, 0) is 75.6 Å². The molecule has 0 aliphatic carbocycles. The Kier molecular flexibility index (Phi) is 8.05. The molecule has 9 nitrogen and oxygen atoms in total. The molecule has 36 heavy (non-hydrogen) atoms. The van der Waals surface area contributed by atoms with Crippen LogP contribution in [0.3, 0.4) is 0 Å². The number of carbonyl (C=O) groups is 3. The molecular formula is C26H34N6O3S. The minimum Gasteiger partial charge on any atom is -0.398 e. The molecule has 1 aromatic carbocycles. The summed E-state index contributed by atoms with van der Waals surface area (Å²) in [5, 5.41) is 13.4. The van der Waals surface area contributed by atoms with Crippen LogP contribution in [-0.4, -0.2) is 72.5 Å². The van der Waals surface area contributed by atoms with Crippen LogP contribution in [0, 0.1) is 5.41 Å². The van der Waals surface area contributed by atoms with Gasteiger partial charge in [0.1, 0.15) is 6.04 Å². The zero-order valence-corrected chi connectivity index (χ0v) is 21.6. The van der Waals surface area contributed by atoms with E-state index >= 15 is 0 Å². The van der Waals surface area contributed by atoms with Crippen molar-refractivity contribution in [1.82, 2.24) is 20.4 Å². The molecule has 0 radical (unpaired) electrons. The summed E-state index contributed by atoms with van der Waals surface area (Å²) in [6.07, 6.45) is 4.16. The summed E-state index contributed by atoms with van der Waals surface area (Å²) < 4.78 is 0. The minimum absolute atomic E-state index is 0.0340. The second-order valence-electron chi connectivity index (χ2n) is 9.54. The molecule has 5 N–H and O–H groups in total. The molecule has 0 saturated carbocycles. The van der Waals surface area contributed by atoms with Gasteiger partial charge in [-0.25, -0.2) is 0 Å². The van der Waals surface area contributed by atoms with Crippen molar-refractivity contribution in [1.29, 1.82) is 5.41 Å². The van der Waals surface area contributed by atoms with Gasteiger partial charge in [0.05, 0.1) is 4.88 Å². The van der Waals surface area contributed by atoms with Gasteiger partial charge < -0.3 is 31.6 Å². The number of thiophene rings is 1. The number of nitrogens with one attached hydrogen (secondary N) is 3. The van der Waals surface area contributed by atoms with Crippen LogP contribution in [0.15, 0.2) is 24.3 Å².